The summed E-state index contributed by atoms with van der Waals surface area (Å²) >= 11 is 0. The molecule has 0 rings (SSSR count). The zero-order valence-electron chi connectivity index (χ0n) is 10.3. The monoisotopic (exact) mass is 248 g/mol. The van der Waals surface area contributed by atoms with Crippen molar-refractivity contribution in [1.82, 2.24) is 0 Å². The predicted octanol–water partition coefficient (Wildman–Crippen LogP) is -0.139. The number of hydrogen-bond donors (Lipinski definition) is 0. The lowest BCUT2D eigenvalue weighted by molar-refractivity contribution is -0.151. The van der Waals surface area contributed by atoms with E-state index in [9.17, 15) is 19.2 Å². The van der Waals surface area contributed by atoms with E-state index >= 15 is 0 Å². The fourth-order valence-corrected chi connectivity index (χ4v) is 0.538. The largest absolute Gasteiger partial charge is 0.469 e. The van der Waals surface area contributed by atoms with Crippen molar-refractivity contribution in [2.45, 2.75) is 19.8 Å². The maximum atomic E-state index is 10.3. The van der Waals surface area contributed by atoms with Crippen LogP contribution >= 0.6 is 0 Å². The molecule has 0 saturated carbocycles. The Morgan fingerprint density at radius 3 is 1.18 bits per heavy atom. The van der Waals surface area contributed by atoms with E-state index in [1.807, 2.05) is 0 Å². The van der Waals surface area contributed by atoms with Crippen LogP contribution in [-0.4, -0.2) is 45.0 Å². The van der Waals surface area contributed by atoms with Crippen LogP contribution < -0.4 is 0 Å². The molecule has 7 heteroatoms. The van der Waals surface area contributed by atoms with E-state index in [4.69, 9.17) is 0 Å². The molecule has 7 nitrogen and oxygen atoms in total. The van der Waals surface area contributed by atoms with Crippen LogP contribution in [0.3, 0.4) is 0 Å². The van der Waals surface area contributed by atoms with Crippen LogP contribution in [0, 0.1) is 0 Å². The Labute approximate surface area is 99.0 Å². The fraction of sp³-hybridized carbons (Fsp3) is 0.600. The van der Waals surface area contributed by atoms with E-state index in [2.05, 4.69) is 14.2 Å². The van der Waals surface area contributed by atoms with E-state index in [0.29, 0.717) is 0 Å². The molecule has 0 spiro atoms. The molecule has 0 aromatic carbocycles. The van der Waals surface area contributed by atoms with Crippen molar-refractivity contribution >= 4 is 23.7 Å². The number of Topliss-reactive ketones (excluding diaryl/α,β-unsaturated/α-hetero) is 1. The van der Waals surface area contributed by atoms with E-state index < -0.39 is 17.9 Å². The van der Waals surface area contributed by atoms with Crippen LogP contribution in [-0.2, 0) is 33.4 Å². The Morgan fingerprint density at radius 1 is 0.706 bits per heavy atom. The number of hydrogen-bond acceptors (Lipinski definition) is 7. The SMILES string of the molecule is COC(=O)CC(=O)OC.COC(=O)CC(C)=O. The Balaban J connectivity index is 0. The van der Waals surface area contributed by atoms with Crippen molar-refractivity contribution in [2.75, 3.05) is 21.3 Å². The molecule has 17 heavy (non-hydrogen) atoms. The highest BCUT2D eigenvalue weighted by Gasteiger charge is 2.07. The zero-order valence-corrected chi connectivity index (χ0v) is 10.3. The number of carbonyl (C=O) groups is 4. The molecule has 0 saturated heterocycles. The first kappa shape index (κ1) is 17.5. The highest BCUT2D eigenvalue weighted by molar-refractivity contribution is 5.94. The average molecular weight is 248 g/mol. The van der Waals surface area contributed by atoms with Gasteiger partial charge >= 0.3 is 17.9 Å². The number of rotatable bonds is 4. The van der Waals surface area contributed by atoms with Gasteiger partial charge in [0, 0.05) is 0 Å². The minimum Gasteiger partial charge on any atom is -0.469 e. The van der Waals surface area contributed by atoms with Gasteiger partial charge in [0.25, 0.3) is 0 Å². The standard InChI is InChI=1S/C5H8O4.C5H8O3/c1-8-4(6)3-5(7)9-2;1-4(6)3-5(7)8-2/h3H2,1-2H3;3H2,1-2H3. The van der Waals surface area contributed by atoms with Crippen LogP contribution in [0.25, 0.3) is 0 Å². The topological polar surface area (TPSA) is 96.0 Å². The van der Waals surface area contributed by atoms with E-state index in [0.717, 1.165) is 0 Å². The maximum absolute atomic E-state index is 10.3. The minimum atomic E-state index is -0.582. The fourth-order valence-electron chi connectivity index (χ4n) is 0.538. The summed E-state index contributed by atoms with van der Waals surface area (Å²) in [6, 6.07) is 0. The molecule has 0 aliphatic carbocycles. The molecule has 0 amide bonds. The van der Waals surface area contributed by atoms with Crippen molar-refractivity contribution in [3.05, 3.63) is 0 Å². The smallest absolute Gasteiger partial charge is 0.316 e. The zero-order chi connectivity index (χ0) is 13.8. The molecule has 0 atom stereocenters. The quantitative estimate of drug-likeness (QED) is 0.388. The van der Waals surface area contributed by atoms with Gasteiger partial charge in [-0.15, -0.1) is 0 Å². The first-order valence-corrected chi connectivity index (χ1v) is 4.57. The van der Waals surface area contributed by atoms with Gasteiger partial charge in [-0.1, -0.05) is 0 Å². The lowest BCUT2D eigenvalue weighted by Crippen LogP contribution is -2.09. The maximum Gasteiger partial charge on any atom is 0.316 e. The van der Waals surface area contributed by atoms with Crippen molar-refractivity contribution < 1.29 is 33.4 Å². The number of carbonyl (C=O) groups excluding carboxylic acids is 4. The second-order valence-electron chi connectivity index (χ2n) is 2.78. The van der Waals surface area contributed by atoms with E-state index in [1.165, 1.54) is 28.3 Å². The summed E-state index contributed by atoms with van der Waals surface area (Å²) in [6.45, 7) is 1.34. The third-order valence-corrected chi connectivity index (χ3v) is 1.36. The van der Waals surface area contributed by atoms with Crippen molar-refractivity contribution in [2.24, 2.45) is 0 Å². The molecule has 0 aromatic rings. The van der Waals surface area contributed by atoms with Gasteiger partial charge in [-0.05, 0) is 6.92 Å². The van der Waals surface area contributed by atoms with E-state index in [-0.39, 0.29) is 18.6 Å². The molecule has 0 bridgehead atoms. The predicted molar refractivity (Wildman–Crippen MR) is 56.0 cm³/mol. The number of methoxy groups -OCH3 is 3. The summed E-state index contributed by atoms with van der Waals surface area (Å²) in [5.41, 5.74) is 0. The number of ketones is 1. The number of ether oxygens (including phenoxy) is 3. The summed E-state index contributed by atoms with van der Waals surface area (Å²) < 4.78 is 12.6. The summed E-state index contributed by atoms with van der Waals surface area (Å²) in [5.74, 6) is -1.81. The molecule has 0 fully saturated rings. The summed E-state index contributed by atoms with van der Waals surface area (Å²) in [6.07, 6.45) is -0.427. The van der Waals surface area contributed by atoms with Gasteiger partial charge in [0.15, 0.2) is 0 Å². The van der Waals surface area contributed by atoms with Gasteiger partial charge in [0.05, 0.1) is 21.3 Å². The lowest BCUT2D eigenvalue weighted by atomic mass is 10.3. The first-order chi connectivity index (χ1) is 7.87. The summed E-state index contributed by atoms with van der Waals surface area (Å²) in [7, 11) is 3.68. The van der Waals surface area contributed by atoms with Crippen LogP contribution in [0.2, 0.25) is 0 Å². The van der Waals surface area contributed by atoms with Gasteiger partial charge in [0.1, 0.15) is 18.6 Å². The molecule has 0 aliphatic rings. The van der Waals surface area contributed by atoms with Crippen molar-refractivity contribution in [3.63, 3.8) is 0 Å². The Hall–Kier alpha value is -1.92. The van der Waals surface area contributed by atoms with Gasteiger partial charge in [-0.25, -0.2) is 0 Å². The van der Waals surface area contributed by atoms with Crippen LogP contribution in [0.15, 0.2) is 0 Å². The third-order valence-electron chi connectivity index (χ3n) is 1.36. The molecule has 0 N–H and O–H groups in total. The van der Waals surface area contributed by atoms with Crippen LogP contribution in [0.4, 0.5) is 0 Å². The lowest BCUT2D eigenvalue weighted by Gasteiger charge is -1.95. The van der Waals surface area contributed by atoms with Gasteiger partial charge in [-0.2, -0.15) is 0 Å². The van der Waals surface area contributed by atoms with Crippen LogP contribution in [0.5, 0.6) is 0 Å². The Kier molecular flexibility index (Phi) is 10.9. The molecule has 0 aliphatic heterocycles. The number of esters is 3. The van der Waals surface area contributed by atoms with Crippen LogP contribution in [0.1, 0.15) is 19.8 Å². The first-order valence-electron chi connectivity index (χ1n) is 4.57. The molecular weight excluding hydrogens is 232 g/mol. The second kappa shape index (κ2) is 10.6. The van der Waals surface area contributed by atoms with Crippen molar-refractivity contribution in [3.8, 4) is 0 Å². The molecular formula is C10H16O7. The molecule has 0 radical (unpaired) electrons. The Morgan fingerprint density at radius 2 is 1.00 bits per heavy atom. The average Bonchev–Trinajstić information content (AvgIpc) is 2.28. The van der Waals surface area contributed by atoms with Gasteiger partial charge < -0.3 is 14.2 Å². The van der Waals surface area contributed by atoms with Crippen molar-refractivity contribution in [1.29, 1.82) is 0 Å². The minimum absolute atomic E-state index is 0.115. The molecule has 0 unspecified atom stereocenters. The molecule has 0 aromatic heterocycles. The van der Waals surface area contributed by atoms with E-state index in [1.54, 1.807) is 0 Å². The van der Waals surface area contributed by atoms with Gasteiger partial charge in [-0.3, -0.25) is 19.2 Å². The normalized spacial score (nSPS) is 8.24. The Bertz CT molecular complexity index is 268. The summed E-state index contributed by atoms with van der Waals surface area (Å²) in [5, 5.41) is 0. The summed E-state index contributed by atoms with van der Waals surface area (Å²) in [4.78, 5) is 40.8. The highest BCUT2D eigenvalue weighted by Crippen LogP contribution is 1.85. The molecule has 98 valence electrons. The third kappa shape index (κ3) is 14.1. The van der Waals surface area contributed by atoms with Gasteiger partial charge in [0.2, 0.25) is 0 Å². The molecule has 0 heterocycles. The second-order valence-corrected chi connectivity index (χ2v) is 2.78. The highest BCUT2D eigenvalue weighted by atomic mass is 16.5.